The summed E-state index contributed by atoms with van der Waals surface area (Å²) in [5.41, 5.74) is 0.937. The number of nitrogens with one attached hydrogen (secondary N) is 2. The SMILES string of the molecule is CC1(C)[C@H](NC(=O)NCc2ccc(-n3cccn3)nc2)[C@@H]2CCO[C@H]21. The molecule has 7 heteroatoms. The molecule has 2 aromatic heterocycles. The summed E-state index contributed by atoms with van der Waals surface area (Å²) in [6.45, 7) is 5.55. The van der Waals surface area contributed by atoms with Gasteiger partial charge >= 0.3 is 6.03 Å². The van der Waals surface area contributed by atoms with Crippen LogP contribution in [0.3, 0.4) is 0 Å². The zero-order chi connectivity index (χ0) is 17.4. The number of nitrogens with zero attached hydrogens (tertiary/aromatic N) is 3. The number of carbonyl (C=O) groups excluding carboxylic acids is 1. The highest BCUT2D eigenvalue weighted by atomic mass is 16.5. The maximum atomic E-state index is 12.3. The van der Waals surface area contributed by atoms with Crippen LogP contribution in [0.2, 0.25) is 0 Å². The summed E-state index contributed by atoms with van der Waals surface area (Å²) in [5.74, 6) is 1.19. The fraction of sp³-hybridized carbons (Fsp3) is 0.500. The summed E-state index contributed by atoms with van der Waals surface area (Å²) in [7, 11) is 0. The number of hydrogen-bond acceptors (Lipinski definition) is 4. The molecule has 2 aliphatic rings. The van der Waals surface area contributed by atoms with E-state index in [4.69, 9.17) is 4.74 Å². The number of rotatable bonds is 4. The molecule has 7 nitrogen and oxygen atoms in total. The molecule has 1 aliphatic heterocycles. The highest BCUT2D eigenvalue weighted by molar-refractivity contribution is 5.74. The van der Waals surface area contributed by atoms with Crippen molar-refractivity contribution in [2.24, 2.45) is 11.3 Å². The van der Waals surface area contributed by atoms with Gasteiger partial charge in [-0.2, -0.15) is 5.10 Å². The van der Waals surface area contributed by atoms with Crippen LogP contribution in [0, 0.1) is 11.3 Å². The molecule has 2 aromatic rings. The average Bonchev–Trinajstić information content (AvgIpc) is 3.29. The molecular weight excluding hydrogens is 318 g/mol. The van der Waals surface area contributed by atoms with E-state index in [0.717, 1.165) is 24.4 Å². The first-order chi connectivity index (χ1) is 12.1. The van der Waals surface area contributed by atoms with Crippen molar-refractivity contribution in [2.45, 2.75) is 39.0 Å². The molecule has 0 unspecified atom stereocenters. The third-order valence-corrected chi connectivity index (χ3v) is 5.39. The topological polar surface area (TPSA) is 81.1 Å². The van der Waals surface area contributed by atoms with Crippen molar-refractivity contribution in [2.75, 3.05) is 6.61 Å². The van der Waals surface area contributed by atoms with Crippen LogP contribution in [0.5, 0.6) is 0 Å². The zero-order valence-electron chi connectivity index (χ0n) is 14.5. The number of ether oxygens (including phenoxy) is 1. The smallest absolute Gasteiger partial charge is 0.315 e. The largest absolute Gasteiger partial charge is 0.377 e. The molecule has 1 saturated heterocycles. The summed E-state index contributed by atoms with van der Waals surface area (Å²) in [5, 5.41) is 10.2. The van der Waals surface area contributed by atoms with Gasteiger partial charge in [0.25, 0.3) is 0 Å². The lowest BCUT2D eigenvalue weighted by Crippen LogP contribution is -2.67. The van der Waals surface area contributed by atoms with Crippen LogP contribution in [0.4, 0.5) is 4.79 Å². The van der Waals surface area contributed by atoms with Crippen molar-refractivity contribution in [1.82, 2.24) is 25.4 Å². The van der Waals surface area contributed by atoms with Crippen molar-refractivity contribution in [1.29, 1.82) is 0 Å². The third-order valence-electron chi connectivity index (χ3n) is 5.39. The molecule has 0 radical (unpaired) electrons. The Hall–Kier alpha value is -2.41. The van der Waals surface area contributed by atoms with Crippen molar-refractivity contribution in [3.05, 3.63) is 42.4 Å². The summed E-state index contributed by atoms with van der Waals surface area (Å²) in [6.07, 6.45) is 6.61. The van der Waals surface area contributed by atoms with Gasteiger partial charge in [-0.15, -0.1) is 0 Å². The monoisotopic (exact) mass is 341 g/mol. The van der Waals surface area contributed by atoms with Crippen molar-refractivity contribution < 1.29 is 9.53 Å². The quantitative estimate of drug-likeness (QED) is 0.890. The molecule has 132 valence electrons. The van der Waals surface area contributed by atoms with Gasteiger partial charge in [-0.1, -0.05) is 19.9 Å². The first-order valence-corrected chi connectivity index (χ1v) is 8.66. The van der Waals surface area contributed by atoms with Crippen molar-refractivity contribution in [3.8, 4) is 5.82 Å². The summed E-state index contributed by atoms with van der Waals surface area (Å²) in [4.78, 5) is 16.6. The molecule has 3 heterocycles. The molecule has 0 spiro atoms. The number of pyridine rings is 1. The highest BCUT2D eigenvalue weighted by Gasteiger charge is 2.59. The molecule has 0 aromatic carbocycles. The number of carbonyl (C=O) groups is 1. The predicted molar refractivity (Wildman–Crippen MR) is 92.1 cm³/mol. The predicted octanol–water partition coefficient (Wildman–Crippen LogP) is 1.88. The fourth-order valence-electron chi connectivity index (χ4n) is 4.05. The summed E-state index contributed by atoms with van der Waals surface area (Å²) >= 11 is 0. The third kappa shape index (κ3) is 2.89. The van der Waals surface area contributed by atoms with Crippen LogP contribution in [-0.4, -0.2) is 39.5 Å². The highest BCUT2D eigenvalue weighted by Crippen LogP contribution is 2.52. The number of urea groups is 1. The molecule has 3 atom stereocenters. The van der Waals surface area contributed by atoms with E-state index in [-0.39, 0.29) is 23.6 Å². The van der Waals surface area contributed by atoms with E-state index in [1.54, 1.807) is 17.1 Å². The first-order valence-electron chi connectivity index (χ1n) is 8.66. The Kier molecular flexibility index (Phi) is 3.95. The Morgan fingerprint density at radius 3 is 3.04 bits per heavy atom. The van der Waals surface area contributed by atoms with E-state index < -0.39 is 0 Å². The van der Waals surface area contributed by atoms with Gasteiger partial charge in [-0.05, 0) is 24.1 Å². The van der Waals surface area contributed by atoms with E-state index in [0.29, 0.717) is 12.5 Å². The maximum Gasteiger partial charge on any atom is 0.315 e. The van der Waals surface area contributed by atoms with Crippen LogP contribution in [0.1, 0.15) is 25.8 Å². The second-order valence-electron chi connectivity index (χ2n) is 7.35. The van der Waals surface area contributed by atoms with Gasteiger partial charge in [-0.3, -0.25) is 0 Å². The van der Waals surface area contributed by atoms with Gasteiger partial charge in [0.1, 0.15) is 0 Å². The second kappa shape index (κ2) is 6.15. The number of fused-ring (bicyclic) bond motifs is 1. The maximum absolute atomic E-state index is 12.3. The van der Waals surface area contributed by atoms with Crippen molar-refractivity contribution >= 4 is 6.03 Å². The molecule has 1 aliphatic carbocycles. The molecule has 4 rings (SSSR count). The zero-order valence-corrected chi connectivity index (χ0v) is 14.5. The van der Waals surface area contributed by atoms with Gasteiger partial charge in [0, 0.05) is 49.1 Å². The lowest BCUT2D eigenvalue weighted by Gasteiger charge is -2.54. The van der Waals surface area contributed by atoms with E-state index in [1.165, 1.54) is 0 Å². The van der Waals surface area contributed by atoms with E-state index in [9.17, 15) is 4.79 Å². The minimum atomic E-state index is -0.139. The first kappa shape index (κ1) is 16.1. The fourth-order valence-corrected chi connectivity index (χ4v) is 4.05. The standard InChI is InChI=1S/C18H23N5O2/c1-18(2)15(13-6-9-25-16(13)18)22-17(24)20-11-12-4-5-14(19-10-12)23-8-3-7-21-23/h3-5,7-8,10,13,15-16H,6,9,11H2,1-2H3,(H2,20,22,24)/t13-,15+,16+/m0/s1. The van der Waals surface area contributed by atoms with Crippen LogP contribution >= 0.6 is 0 Å². The van der Waals surface area contributed by atoms with Crippen LogP contribution in [-0.2, 0) is 11.3 Å². The summed E-state index contributed by atoms with van der Waals surface area (Å²) in [6, 6.07) is 5.71. The Bertz CT molecular complexity index is 741. The molecular formula is C18H23N5O2. The van der Waals surface area contributed by atoms with Crippen LogP contribution in [0.15, 0.2) is 36.8 Å². The number of hydrogen-bond donors (Lipinski definition) is 2. The Balaban J connectivity index is 1.30. The van der Waals surface area contributed by atoms with Gasteiger partial charge in [0.15, 0.2) is 5.82 Å². The lowest BCUT2D eigenvalue weighted by atomic mass is 9.57. The molecule has 25 heavy (non-hydrogen) atoms. The molecule has 2 amide bonds. The Labute approximate surface area is 146 Å². The van der Waals surface area contributed by atoms with E-state index in [1.807, 2.05) is 24.4 Å². The number of amides is 2. The lowest BCUT2D eigenvalue weighted by molar-refractivity contribution is -0.108. The van der Waals surface area contributed by atoms with Gasteiger partial charge < -0.3 is 15.4 Å². The minimum absolute atomic E-state index is 0.00846. The van der Waals surface area contributed by atoms with Gasteiger partial charge in [0.2, 0.25) is 0 Å². The molecule has 2 fully saturated rings. The minimum Gasteiger partial charge on any atom is -0.377 e. The average molecular weight is 341 g/mol. The van der Waals surface area contributed by atoms with Crippen LogP contribution in [0.25, 0.3) is 5.82 Å². The van der Waals surface area contributed by atoms with E-state index >= 15 is 0 Å². The summed E-state index contributed by atoms with van der Waals surface area (Å²) < 4.78 is 7.46. The molecule has 2 N–H and O–H groups in total. The second-order valence-corrected chi connectivity index (χ2v) is 7.35. The van der Waals surface area contributed by atoms with Crippen molar-refractivity contribution in [3.63, 3.8) is 0 Å². The van der Waals surface area contributed by atoms with Crippen LogP contribution < -0.4 is 10.6 Å². The Morgan fingerprint density at radius 2 is 2.32 bits per heavy atom. The number of aromatic nitrogens is 3. The molecule has 1 saturated carbocycles. The van der Waals surface area contributed by atoms with E-state index in [2.05, 4.69) is 34.6 Å². The molecule has 0 bridgehead atoms. The van der Waals surface area contributed by atoms with Gasteiger partial charge in [-0.25, -0.2) is 14.5 Å². The van der Waals surface area contributed by atoms with Gasteiger partial charge in [0.05, 0.1) is 6.10 Å². The normalized spacial score (nSPS) is 26.6. The Morgan fingerprint density at radius 1 is 1.44 bits per heavy atom.